The number of allylic oxidation sites excluding steroid dienone is 1. The van der Waals surface area contributed by atoms with Crippen LogP contribution in [-0.4, -0.2) is 29.9 Å². The zero-order valence-electron chi connectivity index (χ0n) is 19.2. The number of fused-ring (bicyclic) bond motifs is 5. The van der Waals surface area contributed by atoms with Crippen molar-refractivity contribution in [3.8, 4) is 0 Å². The van der Waals surface area contributed by atoms with E-state index in [4.69, 9.17) is 9.47 Å². The van der Waals surface area contributed by atoms with Crippen LogP contribution in [0.25, 0.3) is 0 Å². The Balaban J connectivity index is 1.92. The lowest BCUT2D eigenvalue weighted by Crippen LogP contribution is -2.67. The Kier molecular flexibility index (Phi) is 4.98. The summed E-state index contributed by atoms with van der Waals surface area (Å²) in [5.74, 6) is -0.0410. The average molecular weight is 417 g/mol. The highest BCUT2D eigenvalue weighted by Gasteiger charge is 2.69. The van der Waals surface area contributed by atoms with Crippen molar-refractivity contribution < 1.29 is 23.9 Å². The number of carbonyl (C=O) groups excluding carboxylic acids is 3. The quantitative estimate of drug-likeness (QED) is 0.614. The summed E-state index contributed by atoms with van der Waals surface area (Å²) >= 11 is 0. The first-order valence-corrected chi connectivity index (χ1v) is 11.5. The third-order valence-corrected chi connectivity index (χ3v) is 9.19. The fourth-order valence-corrected chi connectivity index (χ4v) is 8.24. The molecule has 166 valence electrons. The second-order valence-corrected chi connectivity index (χ2v) is 11.3. The fourth-order valence-electron chi connectivity index (χ4n) is 8.24. The molecule has 7 atom stereocenters. The summed E-state index contributed by atoms with van der Waals surface area (Å²) in [5, 5.41) is 0. The molecule has 5 nitrogen and oxygen atoms in total. The van der Waals surface area contributed by atoms with E-state index in [0.717, 1.165) is 37.7 Å². The third kappa shape index (κ3) is 2.98. The zero-order chi connectivity index (χ0) is 22.1. The van der Waals surface area contributed by atoms with Gasteiger partial charge in [0.25, 0.3) is 0 Å². The molecule has 5 heteroatoms. The molecule has 0 aliphatic heterocycles. The molecule has 30 heavy (non-hydrogen) atoms. The third-order valence-electron chi connectivity index (χ3n) is 9.19. The lowest BCUT2D eigenvalue weighted by atomic mass is 9.38. The van der Waals surface area contributed by atoms with Gasteiger partial charge in [0.15, 0.2) is 5.78 Å². The summed E-state index contributed by atoms with van der Waals surface area (Å²) in [5.41, 5.74) is 0.416. The largest absolute Gasteiger partial charge is 0.462 e. The van der Waals surface area contributed by atoms with E-state index in [2.05, 4.69) is 27.7 Å². The summed E-state index contributed by atoms with van der Waals surface area (Å²) < 4.78 is 11.9. The maximum Gasteiger partial charge on any atom is 0.303 e. The van der Waals surface area contributed by atoms with Gasteiger partial charge in [-0.05, 0) is 60.0 Å². The molecule has 0 radical (unpaired) electrons. The number of rotatable bonds is 2. The number of carbonyl (C=O) groups is 3. The van der Waals surface area contributed by atoms with Crippen LogP contribution in [0.4, 0.5) is 0 Å². The highest BCUT2D eigenvalue weighted by Crippen LogP contribution is 2.70. The molecule has 0 aromatic heterocycles. The van der Waals surface area contributed by atoms with Gasteiger partial charge < -0.3 is 9.47 Å². The molecule has 4 aliphatic carbocycles. The van der Waals surface area contributed by atoms with Crippen LogP contribution in [0.5, 0.6) is 0 Å². The van der Waals surface area contributed by atoms with Gasteiger partial charge in [0.2, 0.25) is 0 Å². The van der Waals surface area contributed by atoms with E-state index in [9.17, 15) is 14.4 Å². The van der Waals surface area contributed by atoms with E-state index >= 15 is 0 Å². The van der Waals surface area contributed by atoms with E-state index in [1.807, 2.05) is 6.08 Å². The summed E-state index contributed by atoms with van der Waals surface area (Å²) in [7, 11) is 0. The van der Waals surface area contributed by atoms with Gasteiger partial charge in [0.1, 0.15) is 12.2 Å². The predicted molar refractivity (Wildman–Crippen MR) is 112 cm³/mol. The van der Waals surface area contributed by atoms with Crippen LogP contribution in [0.15, 0.2) is 11.6 Å². The Labute approximate surface area is 179 Å². The van der Waals surface area contributed by atoms with Crippen LogP contribution < -0.4 is 0 Å². The highest BCUT2D eigenvalue weighted by molar-refractivity contribution is 5.98. The minimum Gasteiger partial charge on any atom is -0.462 e. The molecule has 0 heterocycles. The second-order valence-electron chi connectivity index (χ2n) is 11.3. The van der Waals surface area contributed by atoms with Crippen molar-refractivity contribution in [3.63, 3.8) is 0 Å². The van der Waals surface area contributed by atoms with Gasteiger partial charge >= 0.3 is 11.9 Å². The number of esters is 2. The fraction of sp³-hybridized carbons (Fsp3) is 0.800. The predicted octanol–water partition coefficient (Wildman–Crippen LogP) is 4.63. The molecular weight excluding hydrogens is 380 g/mol. The molecule has 7 unspecified atom stereocenters. The second kappa shape index (κ2) is 6.93. The number of ketones is 1. The average Bonchev–Trinajstić information content (AvgIpc) is 2.97. The SMILES string of the molecule is CC(=O)OC1C=C2C(=O)CCC2C2(C)C(OC(C)=O)CC3C(C)(C)CCCC3(C)C12. The van der Waals surface area contributed by atoms with Crippen LogP contribution in [0.1, 0.15) is 80.1 Å². The van der Waals surface area contributed by atoms with Crippen molar-refractivity contribution in [2.75, 3.05) is 0 Å². The first-order valence-electron chi connectivity index (χ1n) is 11.5. The molecule has 0 saturated heterocycles. The molecule has 4 rings (SSSR count). The van der Waals surface area contributed by atoms with Gasteiger partial charge in [-0.1, -0.05) is 34.1 Å². The lowest BCUT2D eigenvalue weighted by Gasteiger charge is -2.67. The van der Waals surface area contributed by atoms with Gasteiger partial charge in [0, 0.05) is 31.6 Å². The summed E-state index contributed by atoms with van der Waals surface area (Å²) in [6.07, 6.45) is 6.66. The minimum atomic E-state index is -0.458. The Bertz CT molecular complexity index is 810. The van der Waals surface area contributed by atoms with Crippen molar-refractivity contribution in [2.24, 2.45) is 34.0 Å². The molecule has 0 N–H and O–H groups in total. The highest BCUT2D eigenvalue weighted by atomic mass is 16.6. The van der Waals surface area contributed by atoms with Gasteiger partial charge in [-0.2, -0.15) is 0 Å². The van der Waals surface area contributed by atoms with Crippen molar-refractivity contribution >= 4 is 17.7 Å². The van der Waals surface area contributed by atoms with Gasteiger partial charge in [-0.3, -0.25) is 14.4 Å². The van der Waals surface area contributed by atoms with Crippen LogP contribution in [0.2, 0.25) is 0 Å². The Morgan fingerprint density at radius 3 is 2.33 bits per heavy atom. The van der Waals surface area contributed by atoms with Gasteiger partial charge in [0.05, 0.1) is 0 Å². The van der Waals surface area contributed by atoms with Crippen LogP contribution in [-0.2, 0) is 23.9 Å². The first kappa shape index (κ1) is 21.6. The number of ether oxygens (including phenoxy) is 2. The molecule has 3 saturated carbocycles. The van der Waals surface area contributed by atoms with Crippen molar-refractivity contribution in [2.45, 2.75) is 92.3 Å². The van der Waals surface area contributed by atoms with Crippen LogP contribution >= 0.6 is 0 Å². The summed E-state index contributed by atoms with van der Waals surface area (Å²) in [4.78, 5) is 37.0. The monoisotopic (exact) mass is 416 g/mol. The molecule has 0 bridgehead atoms. The topological polar surface area (TPSA) is 69.7 Å². The van der Waals surface area contributed by atoms with E-state index in [1.54, 1.807) is 0 Å². The van der Waals surface area contributed by atoms with E-state index in [1.165, 1.54) is 13.8 Å². The van der Waals surface area contributed by atoms with Gasteiger partial charge in [-0.25, -0.2) is 0 Å². The molecule has 3 fully saturated rings. The van der Waals surface area contributed by atoms with Crippen molar-refractivity contribution in [1.29, 1.82) is 0 Å². The first-order chi connectivity index (χ1) is 13.9. The minimum absolute atomic E-state index is 0.0104. The Morgan fingerprint density at radius 2 is 1.70 bits per heavy atom. The maximum absolute atomic E-state index is 12.7. The van der Waals surface area contributed by atoms with Gasteiger partial charge in [-0.15, -0.1) is 0 Å². The van der Waals surface area contributed by atoms with E-state index in [-0.39, 0.29) is 46.5 Å². The van der Waals surface area contributed by atoms with Crippen molar-refractivity contribution in [3.05, 3.63) is 11.6 Å². The normalized spacial score (nSPS) is 44.3. The molecule has 0 spiro atoms. The summed E-state index contributed by atoms with van der Waals surface area (Å²) in [6.45, 7) is 12.1. The number of hydrogen-bond donors (Lipinski definition) is 0. The standard InChI is InChI=1S/C25H36O5/c1-14(26)29-19-12-16-17(8-9-18(16)28)25(6)21(30-15(2)27)13-20-23(3,4)10-7-11-24(20,5)22(19)25/h12,17,19-22H,7-11,13H2,1-6H3. The summed E-state index contributed by atoms with van der Waals surface area (Å²) in [6, 6.07) is 0. The molecule has 0 aromatic rings. The molecule has 4 aliphatic rings. The molecular formula is C25H36O5. The lowest BCUT2D eigenvalue weighted by molar-refractivity contribution is -0.235. The van der Waals surface area contributed by atoms with Crippen LogP contribution in [0, 0.1) is 34.0 Å². The van der Waals surface area contributed by atoms with E-state index in [0.29, 0.717) is 12.3 Å². The molecule has 0 amide bonds. The van der Waals surface area contributed by atoms with Crippen molar-refractivity contribution in [1.82, 2.24) is 0 Å². The smallest absolute Gasteiger partial charge is 0.303 e. The Morgan fingerprint density at radius 1 is 1.03 bits per heavy atom. The molecule has 0 aromatic carbocycles. The number of Topliss-reactive ketones (excluding diaryl/α,β-unsaturated/α-hetero) is 1. The Hall–Kier alpha value is -1.65. The maximum atomic E-state index is 12.7. The number of hydrogen-bond acceptors (Lipinski definition) is 5. The van der Waals surface area contributed by atoms with Crippen LogP contribution in [0.3, 0.4) is 0 Å². The van der Waals surface area contributed by atoms with E-state index < -0.39 is 11.5 Å². The zero-order valence-corrected chi connectivity index (χ0v) is 19.2.